The van der Waals surface area contributed by atoms with E-state index in [9.17, 15) is 9.90 Å². The van der Waals surface area contributed by atoms with Gasteiger partial charge in [0.2, 0.25) is 0 Å². The number of hydrogen-bond donors (Lipinski definition) is 2. The summed E-state index contributed by atoms with van der Waals surface area (Å²) in [6.45, 7) is 2.30. The molecule has 5 rings (SSSR count). The first-order chi connectivity index (χ1) is 16.1. The predicted molar refractivity (Wildman–Crippen MR) is 132 cm³/mol. The first kappa shape index (κ1) is 21.1. The lowest BCUT2D eigenvalue weighted by Gasteiger charge is -2.32. The number of para-hydroxylation sites is 1. The zero-order valence-corrected chi connectivity index (χ0v) is 18.6. The van der Waals surface area contributed by atoms with E-state index in [4.69, 9.17) is 4.98 Å². The fourth-order valence-electron chi connectivity index (χ4n) is 4.38. The summed E-state index contributed by atoms with van der Waals surface area (Å²) >= 11 is 0. The van der Waals surface area contributed by atoms with Gasteiger partial charge >= 0.3 is 0 Å². The number of aromatic hydroxyl groups is 1. The summed E-state index contributed by atoms with van der Waals surface area (Å²) in [5.41, 5.74) is 3.88. The molecular formula is C25H26BN5O2. The van der Waals surface area contributed by atoms with Crippen molar-refractivity contribution in [3.05, 3.63) is 72.4 Å². The number of anilines is 1. The maximum atomic E-state index is 12.7. The van der Waals surface area contributed by atoms with Gasteiger partial charge in [0.05, 0.1) is 5.69 Å². The van der Waals surface area contributed by atoms with Gasteiger partial charge in [-0.3, -0.25) is 4.79 Å². The third-order valence-corrected chi connectivity index (χ3v) is 6.32. The highest BCUT2D eigenvalue weighted by atomic mass is 16.3. The second kappa shape index (κ2) is 8.98. The van der Waals surface area contributed by atoms with Crippen LogP contribution in [-0.2, 0) is 0 Å². The molecule has 1 fully saturated rings. The number of phenolic OH excluding ortho intramolecular Hbond substituents is 1. The lowest BCUT2D eigenvalue weighted by Crippen LogP contribution is -2.40. The second-order valence-electron chi connectivity index (χ2n) is 8.59. The van der Waals surface area contributed by atoms with Gasteiger partial charge in [-0.2, -0.15) is 9.61 Å². The number of carbonyl (C=O) groups excluding carboxylic acids is 1. The fraction of sp³-hybridized carbons (Fsp3) is 0.240. The monoisotopic (exact) mass is 439 g/mol. The van der Waals surface area contributed by atoms with Crippen LogP contribution in [0.2, 0.25) is 0 Å². The van der Waals surface area contributed by atoms with Gasteiger partial charge in [-0.1, -0.05) is 30.3 Å². The summed E-state index contributed by atoms with van der Waals surface area (Å²) in [6.07, 6.45) is 3.70. The number of nitrogens with one attached hydrogen (secondary N) is 1. The first-order valence-corrected chi connectivity index (χ1v) is 11.3. The molecule has 2 aromatic carbocycles. The average molecular weight is 439 g/mol. The maximum absolute atomic E-state index is 12.7. The Labute approximate surface area is 193 Å². The molecule has 1 saturated heterocycles. The average Bonchev–Trinajstić information content (AvgIpc) is 3.24. The summed E-state index contributed by atoms with van der Waals surface area (Å²) < 4.78 is 1.81. The van der Waals surface area contributed by atoms with Crippen molar-refractivity contribution in [1.82, 2.24) is 19.5 Å². The van der Waals surface area contributed by atoms with Gasteiger partial charge in [0, 0.05) is 43.0 Å². The molecule has 8 heteroatoms. The van der Waals surface area contributed by atoms with Crippen molar-refractivity contribution in [2.45, 2.75) is 12.8 Å². The van der Waals surface area contributed by atoms with Crippen LogP contribution in [0.4, 0.5) is 5.82 Å². The Morgan fingerprint density at radius 3 is 2.58 bits per heavy atom. The minimum absolute atomic E-state index is 0.108. The Balaban J connectivity index is 1.29. The predicted octanol–water partition coefficient (Wildman–Crippen LogP) is 2.32. The number of benzene rings is 2. The Bertz CT molecular complexity index is 1280. The zero-order chi connectivity index (χ0) is 22.8. The van der Waals surface area contributed by atoms with Gasteiger partial charge in [0.1, 0.15) is 19.4 Å². The number of fused-ring (bicyclic) bond motifs is 1. The number of likely N-dealkylation sites (tertiary alicyclic amines) is 1. The fourth-order valence-corrected chi connectivity index (χ4v) is 4.38. The Kier molecular flexibility index (Phi) is 5.73. The summed E-state index contributed by atoms with van der Waals surface area (Å²) in [5.74, 6) is 1.61. The summed E-state index contributed by atoms with van der Waals surface area (Å²) in [7, 11) is 1.98. The molecule has 1 amide bonds. The van der Waals surface area contributed by atoms with Crippen molar-refractivity contribution in [3.8, 4) is 17.0 Å². The van der Waals surface area contributed by atoms with Gasteiger partial charge < -0.3 is 15.3 Å². The molecule has 33 heavy (non-hydrogen) atoms. The van der Waals surface area contributed by atoms with E-state index in [-0.39, 0.29) is 11.7 Å². The van der Waals surface area contributed by atoms with Crippen LogP contribution in [-0.4, -0.2) is 58.0 Å². The number of carbonyl (C=O) groups is 1. The molecule has 0 radical (unpaired) electrons. The van der Waals surface area contributed by atoms with Crippen LogP contribution in [0.3, 0.4) is 0 Å². The van der Waals surface area contributed by atoms with Gasteiger partial charge in [0.25, 0.3) is 5.91 Å². The van der Waals surface area contributed by atoms with Crippen molar-refractivity contribution in [3.63, 3.8) is 0 Å². The van der Waals surface area contributed by atoms with Gasteiger partial charge in [-0.25, -0.2) is 4.98 Å². The van der Waals surface area contributed by atoms with Crippen molar-refractivity contribution >= 4 is 30.7 Å². The molecule has 4 aromatic rings. The van der Waals surface area contributed by atoms with Gasteiger partial charge in [-0.15, -0.1) is 0 Å². The van der Waals surface area contributed by atoms with Crippen molar-refractivity contribution in [1.29, 1.82) is 0 Å². The van der Waals surface area contributed by atoms with E-state index in [1.807, 2.05) is 65.8 Å². The lowest BCUT2D eigenvalue weighted by molar-refractivity contribution is 0.0695. The molecule has 166 valence electrons. The lowest BCUT2D eigenvalue weighted by atomic mass is 9.96. The molecule has 2 N–H and O–H groups in total. The molecule has 0 unspecified atom stereocenters. The molecule has 2 aromatic heterocycles. The maximum Gasteiger partial charge on any atom is 0.253 e. The van der Waals surface area contributed by atoms with Crippen molar-refractivity contribution in [2.24, 2.45) is 5.92 Å². The normalized spacial score (nSPS) is 14.5. The number of piperidine rings is 1. The Morgan fingerprint density at radius 2 is 1.82 bits per heavy atom. The van der Waals surface area contributed by atoms with Crippen LogP contribution >= 0.6 is 0 Å². The van der Waals surface area contributed by atoms with Crippen LogP contribution in [0.5, 0.6) is 5.75 Å². The second-order valence-corrected chi connectivity index (χ2v) is 8.59. The van der Waals surface area contributed by atoms with E-state index in [1.165, 1.54) is 0 Å². The molecule has 0 bridgehead atoms. The Morgan fingerprint density at radius 1 is 1.09 bits per heavy atom. The van der Waals surface area contributed by atoms with Gasteiger partial charge in [-0.05, 0) is 48.5 Å². The molecule has 0 aliphatic carbocycles. The topological polar surface area (TPSA) is 82.8 Å². The van der Waals surface area contributed by atoms with Crippen LogP contribution < -0.4 is 10.8 Å². The van der Waals surface area contributed by atoms with E-state index < -0.39 is 0 Å². The summed E-state index contributed by atoms with van der Waals surface area (Å²) in [5, 5.41) is 18.4. The smallest absolute Gasteiger partial charge is 0.253 e. The van der Waals surface area contributed by atoms with E-state index in [2.05, 4.69) is 10.4 Å². The van der Waals surface area contributed by atoms with Crippen LogP contribution in [0.1, 0.15) is 23.2 Å². The van der Waals surface area contributed by atoms with Crippen molar-refractivity contribution in [2.75, 3.05) is 25.0 Å². The SMILES string of the molecule is Bc1cnn2c(NCC3CCN(C(=O)c4ccccc4)CC3)cc(-c3ccccc3O)nc12. The highest BCUT2D eigenvalue weighted by Crippen LogP contribution is 2.29. The number of nitrogens with zero attached hydrogens (tertiary/aromatic N) is 4. The summed E-state index contributed by atoms with van der Waals surface area (Å²) in [6, 6.07) is 18.6. The van der Waals surface area contributed by atoms with Gasteiger partial charge in [0.15, 0.2) is 5.65 Å². The Hall–Kier alpha value is -3.81. The highest BCUT2D eigenvalue weighted by molar-refractivity contribution is 6.36. The number of amides is 1. The molecule has 0 saturated carbocycles. The van der Waals surface area contributed by atoms with E-state index in [0.29, 0.717) is 17.2 Å². The van der Waals surface area contributed by atoms with Crippen LogP contribution in [0, 0.1) is 5.92 Å². The highest BCUT2D eigenvalue weighted by Gasteiger charge is 2.24. The molecular weight excluding hydrogens is 413 g/mol. The molecule has 0 spiro atoms. The first-order valence-electron chi connectivity index (χ1n) is 11.3. The number of rotatable bonds is 5. The van der Waals surface area contributed by atoms with E-state index in [0.717, 1.165) is 55.0 Å². The molecule has 7 nitrogen and oxygen atoms in total. The zero-order valence-electron chi connectivity index (χ0n) is 18.6. The van der Waals surface area contributed by atoms with E-state index >= 15 is 0 Å². The largest absolute Gasteiger partial charge is 0.507 e. The molecule has 1 aliphatic rings. The van der Waals surface area contributed by atoms with Crippen LogP contribution in [0.25, 0.3) is 16.9 Å². The van der Waals surface area contributed by atoms with Crippen molar-refractivity contribution < 1.29 is 9.90 Å². The third-order valence-electron chi connectivity index (χ3n) is 6.32. The quantitative estimate of drug-likeness (QED) is 0.467. The minimum Gasteiger partial charge on any atom is -0.507 e. The molecule has 3 heterocycles. The van der Waals surface area contributed by atoms with E-state index in [1.54, 1.807) is 18.3 Å². The minimum atomic E-state index is 0.108. The molecule has 1 aliphatic heterocycles. The third kappa shape index (κ3) is 4.28. The summed E-state index contributed by atoms with van der Waals surface area (Å²) in [4.78, 5) is 19.4. The van der Waals surface area contributed by atoms with Crippen LogP contribution in [0.15, 0.2) is 66.9 Å². The number of hydrogen-bond acceptors (Lipinski definition) is 5. The number of phenols is 1. The standard InChI is InChI=1S/C25H26BN5O2/c26-20-16-28-31-23(14-21(29-24(20)31)19-8-4-5-9-22(19)32)27-15-17-10-12-30(13-11-17)25(33)18-6-2-1-3-7-18/h1-9,14,16-17,27,32H,10-13,15,26H2. The molecule has 0 atom stereocenters. The number of aromatic nitrogens is 3.